The Kier molecular flexibility index (Phi) is 7.92. The zero-order valence-electron chi connectivity index (χ0n) is 20.7. The molecule has 0 aromatic carbocycles. The van der Waals surface area contributed by atoms with Crippen LogP contribution in [0.2, 0.25) is 0 Å². The van der Waals surface area contributed by atoms with Crippen LogP contribution in [-0.4, -0.2) is 13.2 Å². The highest BCUT2D eigenvalue weighted by Crippen LogP contribution is 2.67. The van der Waals surface area contributed by atoms with Crippen LogP contribution in [-0.2, 0) is 4.74 Å². The molecular formula is C29H52O. The van der Waals surface area contributed by atoms with Gasteiger partial charge in [-0.3, -0.25) is 0 Å². The first-order chi connectivity index (χ1) is 14.6. The van der Waals surface area contributed by atoms with Crippen LogP contribution in [0.25, 0.3) is 0 Å². The number of fused-ring (bicyclic) bond motifs is 5. The van der Waals surface area contributed by atoms with E-state index in [1.807, 2.05) is 0 Å². The maximum Gasteiger partial charge on any atom is 0.0466 e. The lowest BCUT2D eigenvalue weighted by molar-refractivity contribution is -0.111. The number of hydrogen-bond donors (Lipinski definition) is 0. The van der Waals surface area contributed by atoms with Gasteiger partial charge >= 0.3 is 0 Å². The summed E-state index contributed by atoms with van der Waals surface area (Å²) in [5, 5.41) is 0. The van der Waals surface area contributed by atoms with E-state index in [-0.39, 0.29) is 0 Å². The maximum atomic E-state index is 5.91. The first-order valence-electron chi connectivity index (χ1n) is 14.2. The van der Waals surface area contributed by atoms with Crippen molar-refractivity contribution in [2.75, 3.05) is 13.2 Å². The van der Waals surface area contributed by atoms with Crippen LogP contribution in [0.4, 0.5) is 0 Å². The minimum Gasteiger partial charge on any atom is -0.381 e. The van der Waals surface area contributed by atoms with Crippen LogP contribution in [0.15, 0.2) is 0 Å². The first kappa shape index (κ1) is 23.1. The van der Waals surface area contributed by atoms with Crippen molar-refractivity contribution in [1.82, 2.24) is 0 Å². The lowest BCUT2D eigenvalue weighted by atomic mass is 9.45. The van der Waals surface area contributed by atoms with Crippen molar-refractivity contribution in [3.8, 4) is 0 Å². The van der Waals surface area contributed by atoms with Gasteiger partial charge < -0.3 is 4.74 Å². The molecule has 0 heterocycles. The first-order valence-corrected chi connectivity index (χ1v) is 14.2. The second kappa shape index (κ2) is 10.3. The predicted octanol–water partition coefficient (Wildman–Crippen LogP) is 8.80. The molecule has 0 radical (unpaired) electrons. The largest absolute Gasteiger partial charge is 0.381 e. The van der Waals surface area contributed by atoms with E-state index in [1.165, 1.54) is 64.2 Å². The molecule has 1 heteroatoms. The summed E-state index contributed by atoms with van der Waals surface area (Å²) in [5.74, 6) is 5.26. The molecule has 4 rings (SSSR count). The third-order valence-electron chi connectivity index (χ3n) is 11.0. The van der Waals surface area contributed by atoms with Crippen molar-refractivity contribution in [2.45, 2.75) is 130 Å². The molecule has 0 amide bonds. The number of hydrogen-bond acceptors (Lipinski definition) is 1. The minimum absolute atomic E-state index is 0.667. The molecule has 7 atom stereocenters. The molecule has 4 aliphatic carbocycles. The summed E-state index contributed by atoms with van der Waals surface area (Å²) in [6.45, 7) is 9.73. The average Bonchev–Trinajstić information content (AvgIpc) is 3.08. The van der Waals surface area contributed by atoms with E-state index in [9.17, 15) is 0 Å². The molecule has 0 aliphatic heterocycles. The fraction of sp³-hybridized carbons (Fsp3) is 1.00. The highest BCUT2D eigenvalue weighted by atomic mass is 16.5. The Hall–Kier alpha value is -0.0400. The summed E-state index contributed by atoms with van der Waals surface area (Å²) in [4.78, 5) is 0. The molecule has 0 spiro atoms. The lowest BCUT2D eigenvalue weighted by Gasteiger charge is -2.60. The summed E-state index contributed by atoms with van der Waals surface area (Å²) in [7, 11) is 0. The number of unbranched alkanes of at least 4 members (excludes halogenated alkanes) is 4. The zero-order valence-corrected chi connectivity index (χ0v) is 20.7. The predicted molar refractivity (Wildman–Crippen MR) is 129 cm³/mol. The standard InChI is InChI=1S/C29H52O/c1-4-5-6-10-21-30-22-11-8-13-24-15-17-26-25-16-14-23-12-7-9-19-28(23,2)27(25)18-20-29(24,26)3/h23-27H,4-22H2,1-3H3/t23?,24-,25?,26?,27?,28-,29+/m0/s1. The minimum atomic E-state index is 0.667. The number of ether oxygens (including phenoxy) is 1. The Balaban J connectivity index is 1.24. The maximum absolute atomic E-state index is 5.91. The average molecular weight is 417 g/mol. The molecule has 30 heavy (non-hydrogen) atoms. The molecule has 1 nitrogen and oxygen atoms in total. The van der Waals surface area contributed by atoms with E-state index in [0.717, 1.165) is 42.8 Å². The SMILES string of the molecule is CCCCCCOCCCC[C@H]1CCC2C3CCC4CCCC[C@]4(C)C3CC[C@@]21C. The Morgan fingerprint density at radius 2 is 1.50 bits per heavy atom. The van der Waals surface area contributed by atoms with Crippen LogP contribution in [0.3, 0.4) is 0 Å². The molecule has 0 bridgehead atoms. The van der Waals surface area contributed by atoms with Gasteiger partial charge in [0.2, 0.25) is 0 Å². The smallest absolute Gasteiger partial charge is 0.0466 e. The molecule has 4 saturated carbocycles. The number of rotatable bonds is 10. The van der Waals surface area contributed by atoms with Gasteiger partial charge in [-0.1, -0.05) is 59.3 Å². The summed E-state index contributed by atoms with van der Waals surface area (Å²) < 4.78 is 5.91. The van der Waals surface area contributed by atoms with E-state index >= 15 is 0 Å². The second-order valence-corrected chi connectivity index (χ2v) is 12.4. The monoisotopic (exact) mass is 416 g/mol. The van der Waals surface area contributed by atoms with Crippen LogP contribution >= 0.6 is 0 Å². The second-order valence-electron chi connectivity index (χ2n) is 12.4. The van der Waals surface area contributed by atoms with Crippen LogP contribution in [0.1, 0.15) is 130 Å². The Bertz CT molecular complexity index is 528. The Labute approximate surface area is 188 Å². The lowest BCUT2D eigenvalue weighted by Crippen LogP contribution is -2.52. The molecule has 4 unspecified atom stereocenters. The highest BCUT2D eigenvalue weighted by Gasteiger charge is 2.59. The molecule has 0 saturated heterocycles. The third kappa shape index (κ3) is 4.53. The van der Waals surface area contributed by atoms with Gasteiger partial charge in [-0.25, -0.2) is 0 Å². The fourth-order valence-electron chi connectivity index (χ4n) is 9.21. The van der Waals surface area contributed by atoms with E-state index in [2.05, 4.69) is 20.8 Å². The van der Waals surface area contributed by atoms with E-state index in [4.69, 9.17) is 4.74 Å². The molecule has 0 aromatic rings. The van der Waals surface area contributed by atoms with Gasteiger partial charge in [-0.2, -0.15) is 0 Å². The Morgan fingerprint density at radius 1 is 0.700 bits per heavy atom. The highest BCUT2D eigenvalue weighted by molar-refractivity contribution is 5.08. The summed E-state index contributed by atoms with van der Waals surface area (Å²) >= 11 is 0. The molecule has 174 valence electrons. The van der Waals surface area contributed by atoms with Crippen molar-refractivity contribution in [3.63, 3.8) is 0 Å². The van der Waals surface area contributed by atoms with Gasteiger partial charge in [0.25, 0.3) is 0 Å². The van der Waals surface area contributed by atoms with Crippen molar-refractivity contribution in [3.05, 3.63) is 0 Å². The summed E-state index contributed by atoms with van der Waals surface area (Å²) in [6.07, 6.45) is 24.9. The fourth-order valence-corrected chi connectivity index (χ4v) is 9.21. The van der Waals surface area contributed by atoms with Crippen molar-refractivity contribution >= 4 is 0 Å². The molecular weight excluding hydrogens is 364 g/mol. The van der Waals surface area contributed by atoms with Crippen LogP contribution < -0.4 is 0 Å². The molecule has 4 aliphatic rings. The molecule has 0 aromatic heterocycles. The normalized spacial score (nSPS) is 43.1. The van der Waals surface area contributed by atoms with Crippen molar-refractivity contribution in [2.24, 2.45) is 40.4 Å². The van der Waals surface area contributed by atoms with Crippen molar-refractivity contribution < 1.29 is 4.74 Å². The topological polar surface area (TPSA) is 9.23 Å². The van der Waals surface area contributed by atoms with Gasteiger partial charge in [0, 0.05) is 13.2 Å². The van der Waals surface area contributed by atoms with E-state index in [0.29, 0.717) is 10.8 Å². The van der Waals surface area contributed by atoms with Gasteiger partial charge in [0.05, 0.1) is 0 Å². The third-order valence-corrected chi connectivity index (χ3v) is 11.0. The van der Waals surface area contributed by atoms with Crippen LogP contribution in [0.5, 0.6) is 0 Å². The van der Waals surface area contributed by atoms with Gasteiger partial charge in [0.1, 0.15) is 0 Å². The Morgan fingerprint density at radius 3 is 2.33 bits per heavy atom. The van der Waals surface area contributed by atoms with Gasteiger partial charge in [-0.15, -0.1) is 0 Å². The zero-order chi connectivity index (χ0) is 21.0. The van der Waals surface area contributed by atoms with E-state index < -0.39 is 0 Å². The summed E-state index contributed by atoms with van der Waals surface area (Å²) in [5.41, 5.74) is 1.37. The van der Waals surface area contributed by atoms with Gasteiger partial charge in [0.15, 0.2) is 0 Å². The van der Waals surface area contributed by atoms with Crippen LogP contribution in [0, 0.1) is 40.4 Å². The molecule has 4 fully saturated rings. The van der Waals surface area contributed by atoms with Crippen molar-refractivity contribution in [1.29, 1.82) is 0 Å². The quantitative estimate of drug-likeness (QED) is 0.323. The van der Waals surface area contributed by atoms with Gasteiger partial charge in [-0.05, 0) is 111 Å². The summed E-state index contributed by atoms with van der Waals surface area (Å²) in [6, 6.07) is 0. The van der Waals surface area contributed by atoms with E-state index in [1.54, 1.807) is 44.9 Å². The molecule has 0 N–H and O–H groups in total.